The minimum Gasteiger partial charge on any atom is -0.490 e. The van der Waals surface area contributed by atoms with Crippen LogP contribution in [0.4, 0.5) is 14.5 Å². The molecule has 0 aliphatic carbocycles. The van der Waals surface area contributed by atoms with Crippen LogP contribution in [-0.4, -0.2) is 37.1 Å². The Morgan fingerprint density at radius 1 is 1.04 bits per heavy atom. The van der Waals surface area contributed by atoms with Gasteiger partial charge in [0.25, 0.3) is 0 Å². The molecule has 1 fully saturated rings. The van der Waals surface area contributed by atoms with E-state index in [0.717, 1.165) is 61.1 Å². The molecule has 2 heterocycles. The van der Waals surface area contributed by atoms with Crippen molar-refractivity contribution < 1.29 is 23.0 Å². The van der Waals surface area contributed by atoms with Crippen molar-refractivity contribution in [1.29, 1.82) is 0 Å². The highest BCUT2D eigenvalue weighted by Crippen LogP contribution is 2.37. The molecule has 7 heteroatoms. The third-order valence-corrected chi connectivity index (χ3v) is 5.01. The lowest BCUT2D eigenvalue weighted by atomic mass is 10.0. The van der Waals surface area contributed by atoms with E-state index < -0.39 is 11.6 Å². The Labute approximate surface area is 162 Å². The van der Waals surface area contributed by atoms with Crippen molar-refractivity contribution in [1.82, 2.24) is 4.90 Å². The van der Waals surface area contributed by atoms with E-state index in [0.29, 0.717) is 13.2 Å². The van der Waals surface area contributed by atoms with E-state index in [1.165, 1.54) is 0 Å². The zero-order valence-corrected chi connectivity index (χ0v) is 15.4. The van der Waals surface area contributed by atoms with Gasteiger partial charge in [0.05, 0.1) is 19.8 Å². The Morgan fingerprint density at radius 3 is 2.57 bits per heavy atom. The molecule has 1 amide bonds. The third kappa shape index (κ3) is 4.25. The number of nitrogens with one attached hydrogen (secondary N) is 1. The molecule has 0 aromatic heterocycles. The average Bonchev–Trinajstić information content (AvgIpc) is 2.96. The second-order valence-corrected chi connectivity index (χ2v) is 7.09. The maximum Gasteiger partial charge on any atom is 0.238 e. The van der Waals surface area contributed by atoms with Crippen LogP contribution < -0.4 is 14.8 Å². The van der Waals surface area contributed by atoms with Gasteiger partial charge in [-0.2, -0.15) is 0 Å². The van der Waals surface area contributed by atoms with Crippen molar-refractivity contribution >= 4 is 11.6 Å². The summed E-state index contributed by atoms with van der Waals surface area (Å²) in [6.45, 7) is 2.20. The summed E-state index contributed by atoms with van der Waals surface area (Å²) in [5.74, 6) is -0.257. The van der Waals surface area contributed by atoms with Gasteiger partial charge in [0.15, 0.2) is 11.5 Å². The van der Waals surface area contributed by atoms with Crippen molar-refractivity contribution in [2.75, 3.05) is 31.6 Å². The minimum atomic E-state index is -0.721. The lowest BCUT2D eigenvalue weighted by Crippen LogP contribution is -2.33. The maximum absolute atomic E-state index is 13.3. The molecule has 0 bridgehead atoms. The van der Waals surface area contributed by atoms with Crippen molar-refractivity contribution in [3.63, 3.8) is 0 Å². The lowest BCUT2D eigenvalue weighted by Gasteiger charge is -2.25. The lowest BCUT2D eigenvalue weighted by molar-refractivity contribution is -0.117. The molecule has 2 aromatic rings. The number of halogens is 2. The van der Waals surface area contributed by atoms with Crippen molar-refractivity contribution in [2.24, 2.45) is 0 Å². The van der Waals surface area contributed by atoms with Crippen LogP contribution in [0.1, 0.15) is 30.9 Å². The number of amides is 1. The van der Waals surface area contributed by atoms with Gasteiger partial charge in [-0.3, -0.25) is 9.69 Å². The van der Waals surface area contributed by atoms with Gasteiger partial charge in [-0.15, -0.1) is 0 Å². The van der Waals surface area contributed by atoms with Gasteiger partial charge in [0, 0.05) is 24.2 Å². The van der Waals surface area contributed by atoms with Crippen LogP contribution in [0.2, 0.25) is 0 Å². The van der Waals surface area contributed by atoms with E-state index in [1.54, 1.807) is 0 Å². The molecule has 5 nitrogen and oxygen atoms in total. The van der Waals surface area contributed by atoms with Gasteiger partial charge < -0.3 is 14.8 Å². The second-order valence-electron chi connectivity index (χ2n) is 7.09. The number of hydrogen-bond donors (Lipinski definition) is 1. The summed E-state index contributed by atoms with van der Waals surface area (Å²) in [7, 11) is 0. The predicted molar refractivity (Wildman–Crippen MR) is 101 cm³/mol. The average molecular weight is 388 g/mol. The summed E-state index contributed by atoms with van der Waals surface area (Å²) in [6.07, 6.45) is 2.75. The van der Waals surface area contributed by atoms with Gasteiger partial charge in [-0.1, -0.05) is 6.07 Å². The Hall–Kier alpha value is -2.67. The Bertz CT molecular complexity index is 854. The van der Waals surface area contributed by atoms with Crippen molar-refractivity contribution in [2.45, 2.75) is 25.3 Å². The van der Waals surface area contributed by atoms with E-state index in [2.05, 4.69) is 10.2 Å². The number of benzene rings is 2. The maximum atomic E-state index is 13.3. The Kier molecular flexibility index (Phi) is 5.43. The Morgan fingerprint density at radius 2 is 1.79 bits per heavy atom. The number of carbonyl (C=O) groups is 1. The van der Waals surface area contributed by atoms with E-state index in [4.69, 9.17) is 9.47 Å². The predicted octanol–water partition coefficient (Wildman–Crippen LogP) is 3.90. The van der Waals surface area contributed by atoms with Crippen LogP contribution in [0.25, 0.3) is 0 Å². The number of nitrogens with zero attached hydrogens (tertiary/aromatic N) is 1. The molecule has 0 spiro atoms. The molecular weight excluding hydrogens is 366 g/mol. The summed E-state index contributed by atoms with van der Waals surface area (Å²) >= 11 is 0. The molecule has 2 aromatic carbocycles. The summed E-state index contributed by atoms with van der Waals surface area (Å²) in [5.41, 5.74) is 1.19. The molecule has 1 saturated heterocycles. The molecule has 4 rings (SSSR count). The SMILES string of the molecule is O=C(CN1CCC[C@H]1c1ccc2c(c1)OCCCO2)Nc1cc(F)cc(F)c1. The van der Waals surface area contributed by atoms with E-state index in [9.17, 15) is 13.6 Å². The first-order valence-electron chi connectivity index (χ1n) is 9.48. The number of likely N-dealkylation sites (tertiary alicyclic amines) is 1. The van der Waals surface area contributed by atoms with Gasteiger partial charge in [0.1, 0.15) is 11.6 Å². The first-order valence-corrected chi connectivity index (χ1v) is 9.48. The standard InChI is InChI=1S/C21H22F2N2O3/c22-15-10-16(23)12-17(11-15)24-21(26)13-25-6-1-3-18(25)14-4-5-19-20(9-14)28-8-2-7-27-19/h4-5,9-12,18H,1-3,6-8,13H2,(H,24,26)/t18-/m0/s1. The highest BCUT2D eigenvalue weighted by molar-refractivity contribution is 5.92. The molecule has 0 saturated carbocycles. The fraction of sp³-hybridized carbons (Fsp3) is 0.381. The van der Waals surface area contributed by atoms with Crippen LogP contribution in [-0.2, 0) is 4.79 Å². The first-order chi connectivity index (χ1) is 13.6. The van der Waals surface area contributed by atoms with Gasteiger partial charge >= 0.3 is 0 Å². The minimum absolute atomic E-state index is 0.0900. The van der Waals surface area contributed by atoms with Gasteiger partial charge in [0.2, 0.25) is 5.91 Å². The molecule has 1 atom stereocenters. The summed E-state index contributed by atoms with van der Waals surface area (Å²) in [5, 5.41) is 2.58. The van der Waals surface area contributed by atoms with E-state index in [1.807, 2.05) is 18.2 Å². The van der Waals surface area contributed by atoms with Crippen molar-refractivity contribution in [3.05, 3.63) is 53.6 Å². The van der Waals surface area contributed by atoms with E-state index >= 15 is 0 Å². The normalized spacial score (nSPS) is 19.3. The zero-order chi connectivity index (χ0) is 19.5. The number of fused-ring (bicyclic) bond motifs is 1. The van der Waals surface area contributed by atoms with Gasteiger partial charge in [-0.25, -0.2) is 8.78 Å². The molecule has 2 aliphatic rings. The number of hydrogen-bond acceptors (Lipinski definition) is 4. The first kappa shape index (κ1) is 18.7. The fourth-order valence-corrected chi connectivity index (χ4v) is 3.79. The molecule has 1 N–H and O–H groups in total. The summed E-state index contributed by atoms with van der Waals surface area (Å²) in [4.78, 5) is 14.5. The van der Waals surface area contributed by atoms with Crippen LogP contribution in [0.15, 0.2) is 36.4 Å². The van der Waals surface area contributed by atoms with Crippen LogP contribution in [0.5, 0.6) is 11.5 Å². The van der Waals surface area contributed by atoms with Crippen molar-refractivity contribution in [3.8, 4) is 11.5 Å². The molecule has 2 aliphatic heterocycles. The topological polar surface area (TPSA) is 50.8 Å². The number of anilines is 1. The van der Waals surface area contributed by atoms with Crippen LogP contribution in [0.3, 0.4) is 0 Å². The Balaban J connectivity index is 1.45. The number of ether oxygens (including phenoxy) is 2. The smallest absolute Gasteiger partial charge is 0.238 e. The third-order valence-electron chi connectivity index (χ3n) is 5.01. The number of rotatable bonds is 4. The number of carbonyl (C=O) groups excluding carboxylic acids is 1. The molecular formula is C21H22F2N2O3. The fourth-order valence-electron chi connectivity index (χ4n) is 3.79. The van der Waals surface area contributed by atoms with Gasteiger partial charge in [-0.05, 0) is 49.2 Å². The second kappa shape index (κ2) is 8.14. The molecule has 0 radical (unpaired) electrons. The molecule has 28 heavy (non-hydrogen) atoms. The highest BCUT2D eigenvalue weighted by atomic mass is 19.1. The quantitative estimate of drug-likeness (QED) is 0.863. The molecule has 148 valence electrons. The summed E-state index contributed by atoms with van der Waals surface area (Å²) in [6, 6.07) is 8.99. The van der Waals surface area contributed by atoms with Crippen LogP contribution in [0, 0.1) is 11.6 Å². The zero-order valence-electron chi connectivity index (χ0n) is 15.4. The monoisotopic (exact) mass is 388 g/mol. The summed E-state index contributed by atoms with van der Waals surface area (Å²) < 4.78 is 38.1. The van der Waals surface area contributed by atoms with E-state index in [-0.39, 0.29) is 24.2 Å². The largest absolute Gasteiger partial charge is 0.490 e. The molecule has 0 unspecified atom stereocenters. The van der Waals surface area contributed by atoms with Crippen LogP contribution >= 0.6 is 0 Å². The highest BCUT2D eigenvalue weighted by Gasteiger charge is 2.28.